The summed E-state index contributed by atoms with van der Waals surface area (Å²) in [4.78, 5) is 22.6. The van der Waals surface area contributed by atoms with E-state index in [9.17, 15) is 4.79 Å². The molecule has 2 rings (SSSR count). The van der Waals surface area contributed by atoms with Crippen LogP contribution < -0.4 is 4.74 Å². The molecule has 1 aromatic rings. The van der Waals surface area contributed by atoms with Crippen molar-refractivity contribution in [3.05, 3.63) is 23.4 Å². The van der Waals surface area contributed by atoms with E-state index in [0.717, 1.165) is 52.2 Å². The zero-order chi connectivity index (χ0) is 17.4. The van der Waals surface area contributed by atoms with Crippen LogP contribution in [0.3, 0.4) is 0 Å². The average molecular weight is 355 g/mol. The molecule has 0 aromatic carbocycles. The number of urea groups is 1. The molecule has 2 heterocycles. The molecule has 1 aliphatic heterocycles. The third-order valence-corrected chi connectivity index (χ3v) is 4.47. The van der Waals surface area contributed by atoms with Gasteiger partial charge in [0.15, 0.2) is 0 Å². The van der Waals surface area contributed by atoms with E-state index >= 15 is 0 Å². The summed E-state index contributed by atoms with van der Waals surface area (Å²) in [7, 11) is 0. The number of pyridine rings is 1. The van der Waals surface area contributed by atoms with Crippen LogP contribution in [0.5, 0.6) is 5.88 Å². The second-order valence-corrected chi connectivity index (χ2v) is 6.24. The number of hydrogen-bond acceptors (Lipinski definition) is 4. The quantitative estimate of drug-likeness (QED) is 0.706. The first-order valence-electron chi connectivity index (χ1n) is 8.64. The van der Waals surface area contributed by atoms with Crippen molar-refractivity contribution in [3.63, 3.8) is 0 Å². The topological polar surface area (TPSA) is 48.9 Å². The Morgan fingerprint density at radius 3 is 2.54 bits per heavy atom. The molecule has 1 fully saturated rings. The van der Waals surface area contributed by atoms with E-state index < -0.39 is 0 Å². The Morgan fingerprint density at radius 2 is 1.96 bits per heavy atom. The second kappa shape index (κ2) is 9.69. The van der Waals surface area contributed by atoms with Gasteiger partial charge in [-0.3, -0.25) is 4.90 Å². The lowest BCUT2D eigenvalue weighted by atomic mass is 10.3. The number of aromatic nitrogens is 1. The van der Waals surface area contributed by atoms with Crippen LogP contribution in [0, 0.1) is 0 Å². The Bertz CT molecular complexity index is 500. The fraction of sp³-hybridized carbons (Fsp3) is 0.647. The molecule has 1 aromatic heterocycles. The van der Waals surface area contributed by atoms with Gasteiger partial charge in [-0.05, 0) is 26.3 Å². The number of ether oxygens (including phenoxy) is 1. The molecule has 1 saturated heterocycles. The molecule has 0 bridgehead atoms. The Balaban J connectivity index is 1.62. The maximum Gasteiger partial charge on any atom is 0.320 e. The molecular weight excluding hydrogens is 328 g/mol. The standard InChI is InChI=1S/C17H27ClN4O2/c1-3-21(4-2)17(23)22-11-9-20(10-12-22)8-5-13-24-16-7-6-15(18)14-19-16/h6-7,14H,3-5,8-13H2,1-2H3. The van der Waals surface area contributed by atoms with Crippen LogP contribution in [0.15, 0.2) is 18.3 Å². The smallest absolute Gasteiger partial charge is 0.320 e. The molecule has 0 saturated carbocycles. The third-order valence-electron chi connectivity index (χ3n) is 4.25. The van der Waals surface area contributed by atoms with Crippen LogP contribution in [-0.4, -0.2) is 78.1 Å². The summed E-state index contributed by atoms with van der Waals surface area (Å²) < 4.78 is 5.60. The Kier molecular flexibility index (Phi) is 7.59. The summed E-state index contributed by atoms with van der Waals surface area (Å²) in [5.41, 5.74) is 0. The minimum Gasteiger partial charge on any atom is -0.478 e. The van der Waals surface area contributed by atoms with Crippen molar-refractivity contribution < 1.29 is 9.53 Å². The molecule has 7 heteroatoms. The van der Waals surface area contributed by atoms with Gasteiger partial charge in [0.25, 0.3) is 0 Å². The molecule has 0 aliphatic carbocycles. The Hall–Kier alpha value is -1.53. The van der Waals surface area contributed by atoms with Crippen molar-refractivity contribution in [2.75, 3.05) is 52.4 Å². The van der Waals surface area contributed by atoms with Gasteiger partial charge in [-0.1, -0.05) is 11.6 Å². The minimum atomic E-state index is 0.164. The van der Waals surface area contributed by atoms with Crippen LogP contribution >= 0.6 is 11.6 Å². The maximum atomic E-state index is 12.3. The SMILES string of the molecule is CCN(CC)C(=O)N1CCN(CCCOc2ccc(Cl)cn2)CC1. The highest BCUT2D eigenvalue weighted by atomic mass is 35.5. The van der Waals surface area contributed by atoms with Gasteiger partial charge >= 0.3 is 6.03 Å². The van der Waals surface area contributed by atoms with Gasteiger partial charge in [-0.25, -0.2) is 9.78 Å². The lowest BCUT2D eigenvalue weighted by Crippen LogP contribution is -2.52. The first-order chi connectivity index (χ1) is 11.6. The lowest BCUT2D eigenvalue weighted by Gasteiger charge is -2.37. The van der Waals surface area contributed by atoms with Crippen molar-refractivity contribution >= 4 is 17.6 Å². The molecule has 0 atom stereocenters. The number of carbonyl (C=O) groups excluding carboxylic acids is 1. The van der Waals surface area contributed by atoms with Crippen molar-refractivity contribution in [2.24, 2.45) is 0 Å². The van der Waals surface area contributed by atoms with E-state index in [1.165, 1.54) is 0 Å². The molecule has 24 heavy (non-hydrogen) atoms. The zero-order valence-corrected chi connectivity index (χ0v) is 15.3. The minimum absolute atomic E-state index is 0.164. The summed E-state index contributed by atoms with van der Waals surface area (Å²) in [6.45, 7) is 10.6. The first-order valence-corrected chi connectivity index (χ1v) is 9.02. The zero-order valence-electron chi connectivity index (χ0n) is 14.6. The maximum absolute atomic E-state index is 12.3. The number of piperazine rings is 1. The number of halogens is 1. The third kappa shape index (κ3) is 5.53. The van der Waals surface area contributed by atoms with E-state index in [2.05, 4.69) is 9.88 Å². The van der Waals surface area contributed by atoms with Gasteiger partial charge in [-0.15, -0.1) is 0 Å². The van der Waals surface area contributed by atoms with Crippen molar-refractivity contribution in [1.29, 1.82) is 0 Å². The van der Waals surface area contributed by atoms with Gasteiger partial charge in [0, 0.05) is 58.1 Å². The second-order valence-electron chi connectivity index (χ2n) is 5.80. The van der Waals surface area contributed by atoms with E-state index in [1.807, 2.05) is 23.6 Å². The van der Waals surface area contributed by atoms with Gasteiger partial charge in [-0.2, -0.15) is 0 Å². The van der Waals surface area contributed by atoms with Gasteiger partial charge in [0.2, 0.25) is 5.88 Å². The van der Waals surface area contributed by atoms with Crippen LogP contribution in [0.2, 0.25) is 5.02 Å². The predicted octanol–water partition coefficient (Wildman–Crippen LogP) is 2.58. The van der Waals surface area contributed by atoms with Gasteiger partial charge in [0.05, 0.1) is 11.6 Å². The van der Waals surface area contributed by atoms with Crippen molar-refractivity contribution in [1.82, 2.24) is 19.7 Å². The summed E-state index contributed by atoms with van der Waals surface area (Å²) in [6.07, 6.45) is 2.53. The Morgan fingerprint density at radius 1 is 1.25 bits per heavy atom. The monoisotopic (exact) mass is 354 g/mol. The fourth-order valence-electron chi connectivity index (χ4n) is 2.77. The van der Waals surface area contributed by atoms with Crippen LogP contribution in [0.1, 0.15) is 20.3 Å². The average Bonchev–Trinajstić information content (AvgIpc) is 2.62. The molecule has 134 valence electrons. The molecule has 0 radical (unpaired) electrons. The Labute approximate surface area is 149 Å². The highest BCUT2D eigenvalue weighted by molar-refractivity contribution is 6.30. The number of rotatable bonds is 7. The van der Waals surface area contributed by atoms with Crippen LogP contribution in [-0.2, 0) is 0 Å². The summed E-state index contributed by atoms with van der Waals surface area (Å²) in [5.74, 6) is 0.606. The normalized spacial score (nSPS) is 15.4. The molecular formula is C17H27ClN4O2. The van der Waals surface area contributed by atoms with Crippen LogP contribution in [0.4, 0.5) is 4.79 Å². The molecule has 2 amide bonds. The summed E-state index contributed by atoms with van der Waals surface area (Å²) >= 11 is 5.79. The van der Waals surface area contributed by atoms with E-state index in [-0.39, 0.29) is 6.03 Å². The summed E-state index contributed by atoms with van der Waals surface area (Å²) in [5, 5.41) is 0.611. The molecule has 0 unspecified atom stereocenters. The highest BCUT2D eigenvalue weighted by Gasteiger charge is 2.23. The molecule has 6 nitrogen and oxygen atoms in total. The largest absolute Gasteiger partial charge is 0.478 e. The lowest BCUT2D eigenvalue weighted by molar-refractivity contribution is 0.112. The summed E-state index contributed by atoms with van der Waals surface area (Å²) in [6, 6.07) is 3.72. The van der Waals surface area contributed by atoms with E-state index in [4.69, 9.17) is 16.3 Å². The highest BCUT2D eigenvalue weighted by Crippen LogP contribution is 2.12. The van der Waals surface area contributed by atoms with Gasteiger partial charge < -0.3 is 14.5 Å². The van der Waals surface area contributed by atoms with Crippen LogP contribution in [0.25, 0.3) is 0 Å². The predicted molar refractivity (Wildman–Crippen MR) is 95.7 cm³/mol. The van der Waals surface area contributed by atoms with E-state index in [1.54, 1.807) is 18.3 Å². The van der Waals surface area contributed by atoms with Crippen molar-refractivity contribution in [3.8, 4) is 5.88 Å². The fourth-order valence-corrected chi connectivity index (χ4v) is 2.88. The molecule has 0 spiro atoms. The number of hydrogen-bond donors (Lipinski definition) is 0. The van der Waals surface area contributed by atoms with Crippen molar-refractivity contribution in [2.45, 2.75) is 20.3 Å². The van der Waals surface area contributed by atoms with Gasteiger partial charge in [0.1, 0.15) is 0 Å². The number of amides is 2. The molecule has 0 N–H and O–H groups in total. The number of nitrogens with zero attached hydrogens (tertiary/aromatic N) is 4. The number of carbonyl (C=O) groups is 1. The van der Waals surface area contributed by atoms with E-state index in [0.29, 0.717) is 17.5 Å². The first kappa shape index (κ1) is 18.8. The molecule has 1 aliphatic rings.